The zero-order valence-electron chi connectivity index (χ0n) is 19.1. The number of hydrogen-bond acceptors (Lipinski definition) is 5. The quantitative estimate of drug-likeness (QED) is 0.342. The largest absolute Gasteiger partial charge is 0.479 e. The Bertz CT molecular complexity index is 1420. The number of alkyl halides is 3. The summed E-state index contributed by atoms with van der Waals surface area (Å²) in [5, 5.41) is 13.0. The number of aryl methyl sites for hydroxylation is 1. The lowest BCUT2D eigenvalue weighted by Crippen LogP contribution is -2.38. The predicted molar refractivity (Wildman–Crippen MR) is 132 cm³/mol. The predicted octanol–water partition coefficient (Wildman–Crippen LogP) is 5.71. The monoisotopic (exact) mass is 536 g/mol. The molecule has 6 nitrogen and oxygen atoms in total. The van der Waals surface area contributed by atoms with Crippen LogP contribution in [-0.4, -0.2) is 45.5 Å². The molecule has 1 atom stereocenters. The first-order chi connectivity index (χ1) is 17.1. The van der Waals surface area contributed by atoms with Crippen LogP contribution in [0, 0.1) is 0 Å². The Morgan fingerprint density at radius 2 is 1.75 bits per heavy atom. The van der Waals surface area contributed by atoms with Gasteiger partial charge in [-0.3, -0.25) is 0 Å². The van der Waals surface area contributed by atoms with E-state index in [9.17, 15) is 18.3 Å². The lowest BCUT2D eigenvalue weighted by molar-refractivity contribution is -0.153. The number of ether oxygens (including phenoxy) is 1. The first-order valence-electron chi connectivity index (χ1n) is 11.1. The third kappa shape index (κ3) is 4.36. The number of aromatic nitrogens is 3. The van der Waals surface area contributed by atoms with Gasteiger partial charge >= 0.3 is 6.18 Å². The zero-order valence-corrected chi connectivity index (χ0v) is 20.6. The van der Waals surface area contributed by atoms with Gasteiger partial charge < -0.3 is 19.3 Å². The van der Waals surface area contributed by atoms with Gasteiger partial charge in [-0.25, -0.2) is 9.97 Å². The minimum absolute atomic E-state index is 0.00328. The van der Waals surface area contributed by atoms with Gasteiger partial charge in [-0.2, -0.15) is 13.2 Å². The van der Waals surface area contributed by atoms with Crippen LogP contribution in [0.3, 0.4) is 0 Å². The summed E-state index contributed by atoms with van der Waals surface area (Å²) < 4.78 is 45.8. The molecule has 0 spiro atoms. The Balaban J connectivity index is 1.70. The molecule has 0 radical (unpaired) electrons. The van der Waals surface area contributed by atoms with E-state index in [-0.39, 0.29) is 16.6 Å². The Morgan fingerprint density at radius 3 is 2.33 bits per heavy atom. The molecule has 1 N–H and O–H groups in total. The Morgan fingerprint density at radius 1 is 1.06 bits per heavy atom. The second-order valence-corrected chi connectivity index (χ2v) is 9.48. The van der Waals surface area contributed by atoms with E-state index in [2.05, 4.69) is 9.97 Å². The number of pyridine rings is 1. The molecule has 0 unspecified atom stereocenters. The standard InChI is InChI=1S/C25H21Cl2F3N4O2/c1-33-14-31-12-20(33)25(35,15-3-6-17(26)7-4-15)16-5-8-19-18(11-16)21(27)22(36-13-24(28,29)30)23(32-19)34-9-2-10-34/h3-8,11-12,14,35H,2,9-10,13H2,1H3/t25-/m1/s1. The van der Waals surface area contributed by atoms with Crippen LogP contribution in [0.25, 0.3) is 10.9 Å². The van der Waals surface area contributed by atoms with E-state index in [1.807, 2.05) is 4.90 Å². The minimum atomic E-state index is -4.54. The van der Waals surface area contributed by atoms with Gasteiger partial charge in [0.25, 0.3) is 0 Å². The van der Waals surface area contributed by atoms with Crippen LogP contribution in [0.1, 0.15) is 23.2 Å². The van der Waals surface area contributed by atoms with E-state index in [1.54, 1.807) is 66.6 Å². The molecule has 36 heavy (non-hydrogen) atoms. The van der Waals surface area contributed by atoms with Gasteiger partial charge in [0.05, 0.1) is 28.8 Å². The molecule has 11 heteroatoms. The average Bonchev–Trinajstić information content (AvgIpc) is 3.23. The van der Waals surface area contributed by atoms with Gasteiger partial charge in [-0.15, -0.1) is 0 Å². The van der Waals surface area contributed by atoms with Crippen molar-refractivity contribution in [2.75, 3.05) is 24.6 Å². The summed E-state index contributed by atoms with van der Waals surface area (Å²) in [5.74, 6) is 0.143. The van der Waals surface area contributed by atoms with Crippen molar-refractivity contribution in [3.63, 3.8) is 0 Å². The first-order valence-corrected chi connectivity index (χ1v) is 11.9. The van der Waals surface area contributed by atoms with Crippen molar-refractivity contribution < 1.29 is 23.0 Å². The Labute approximate surface area is 214 Å². The minimum Gasteiger partial charge on any atom is -0.479 e. The number of halogens is 5. The van der Waals surface area contributed by atoms with Crippen LogP contribution >= 0.6 is 23.2 Å². The van der Waals surface area contributed by atoms with Crippen molar-refractivity contribution in [1.29, 1.82) is 0 Å². The summed E-state index contributed by atoms with van der Waals surface area (Å²) in [6.45, 7) is -0.206. The molecule has 0 bridgehead atoms. The molecule has 1 fully saturated rings. The normalized spacial score (nSPS) is 15.6. The fourth-order valence-electron chi connectivity index (χ4n) is 4.30. The Kier molecular flexibility index (Phi) is 6.26. The maximum absolute atomic E-state index is 13.0. The highest BCUT2D eigenvalue weighted by atomic mass is 35.5. The van der Waals surface area contributed by atoms with Crippen molar-refractivity contribution in [2.45, 2.75) is 18.2 Å². The van der Waals surface area contributed by atoms with Crippen molar-refractivity contribution in [3.8, 4) is 5.75 Å². The molecular formula is C25H21Cl2F3N4O2. The Hall–Kier alpha value is -3.01. The molecule has 2 aromatic carbocycles. The van der Waals surface area contributed by atoms with Crippen LogP contribution < -0.4 is 9.64 Å². The molecule has 4 aromatic rings. The number of nitrogens with zero attached hydrogens (tertiary/aromatic N) is 4. The molecule has 0 aliphatic carbocycles. The third-order valence-corrected chi connectivity index (χ3v) is 6.89. The molecule has 1 saturated heterocycles. The molecule has 5 rings (SSSR count). The SMILES string of the molecule is Cn1cncc1[C@@](O)(c1ccc(Cl)cc1)c1ccc2nc(N3CCC3)c(OCC(F)(F)F)c(Cl)c2c1. The van der Waals surface area contributed by atoms with Gasteiger partial charge in [-0.1, -0.05) is 41.4 Å². The number of fused-ring (bicyclic) bond motifs is 1. The van der Waals surface area contributed by atoms with Crippen LogP contribution in [-0.2, 0) is 12.6 Å². The molecule has 0 amide bonds. The van der Waals surface area contributed by atoms with Gasteiger partial charge in [0.2, 0.25) is 0 Å². The molecule has 0 saturated carbocycles. The summed E-state index contributed by atoms with van der Waals surface area (Å²) in [7, 11) is 1.75. The number of imidazole rings is 1. The average molecular weight is 537 g/mol. The van der Waals surface area contributed by atoms with Gasteiger partial charge in [0.15, 0.2) is 23.8 Å². The zero-order chi connectivity index (χ0) is 25.7. The second kappa shape index (κ2) is 9.14. The van der Waals surface area contributed by atoms with Crippen LogP contribution in [0.5, 0.6) is 5.75 Å². The van der Waals surface area contributed by atoms with Crippen molar-refractivity contribution in [2.24, 2.45) is 7.05 Å². The van der Waals surface area contributed by atoms with Gasteiger partial charge in [0, 0.05) is 30.5 Å². The third-order valence-electron chi connectivity index (χ3n) is 6.26. The van der Waals surface area contributed by atoms with E-state index in [1.165, 1.54) is 0 Å². The maximum Gasteiger partial charge on any atom is 0.422 e. The number of aliphatic hydroxyl groups is 1. The highest BCUT2D eigenvalue weighted by Crippen LogP contribution is 2.44. The van der Waals surface area contributed by atoms with Crippen LogP contribution in [0.4, 0.5) is 19.0 Å². The summed E-state index contributed by atoms with van der Waals surface area (Å²) in [5.41, 5.74) is 0.205. The summed E-state index contributed by atoms with van der Waals surface area (Å²) in [4.78, 5) is 10.6. The topological polar surface area (TPSA) is 63.4 Å². The van der Waals surface area contributed by atoms with E-state index < -0.39 is 18.4 Å². The van der Waals surface area contributed by atoms with Gasteiger partial charge in [-0.05, 0) is 41.8 Å². The molecule has 3 heterocycles. The highest BCUT2D eigenvalue weighted by Gasteiger charge is 2.37. The fraction of sp³-hybridized carbons (Fsp3) is 0.280. The van der Waals surface area contributed by atoms with Crippen molar-refractivity contribution in [3.05, 3.63) is 81.9 Å². The lowest BCUT2D eigenvalue weighted by Gasteiger charge is -2.34. The molecule has 1 aliphatic rings. The van der Waals surface area contributed by atoms with Crippen molar-refractivity contribution in [1.82, 2.24) is 14.5 Å². The summed E-state index contributed by atoms with van der Waals surface area (Å²) in [6.07, 6.45) is -0.535. The summed E-state index contributed by atoms with van der Waals surface area (Å²) in [6, 6.07) is 11.7. The smallest absolute Gasteiger partial charge is 0.422 e. The first kappa shape index (κ1) is 24.7. The maximum atomic E-state index is 13.0. The highest BCUT2D eigenvalue weighted by molar-refractivity contribution is 6.37. The van der Waals surface area contributed by atoms with Crippen LogP contribution in [0.2, 0.25) is 10.0 Å². The number of hydrogen-bond donors (Lipinski definition) is 1. The van der Waals surface area contributed by atoms with E-state index in [0.29, 0.717) is 45.8 Å². The second-order valence-electron chi connectivity index (χ2n) is 8.66. The number of benzene rings is 2. The lowest BCUT2D eigenvalue weighted by atomic mass is 9.83. The van der Waals surface area contributed by atoms with E-state index in [4.69, 9.17) is 27.9 Å². The van der Waals surface area contributed by atoms with Crippen LogP contribution in [0.15, 0.2) is 55.0 Å². The molecule has 1 aliphatic heterocycles. The van der Waals surface area contributed by atoms with Crippen molar-refractivity contribution >= 4 is 39.9 Å². The van der Waals surface area contributed by atoms with Gasteiger partial charge in [0.1, 0.15) is 0 Å². The molecule has 2 aromatic heterocycles. The summed E-state index contributed by atoms with van der Waals surface area (Å²) >= 11 is 12.7. The molecular weight excluding hydrogens is 516 g/mol. The fourth-order valence-corrected chi connectivity index (χ4v) is 4.72. The molecule has 188 valence electrons. The number of anilines is 1. The van der Waals surface area contributed by atoms with E-state index >= 15 is 0 Å². The number of rotatable bonds is 6. The van der Waals surface area contributed by atoms with E-state index in [0.717, 1.165) is 6.42 Å².